The highest BCUT2D eigenvalue weighted by molar-refractivity contribution is 4.78. The van der Waals surface area contributed by atoms with Crippen LogP contribution in [-0.4, -0.2) is 48.7 Å². The van der Waals surface area contributed by atoms with Crippen molar-refractivity contribution in [3.05, 3.63) is 0 Å². The van der Waals surface area contributed by atoms with Crippen LogP contribution < -0.4 is 5.32 Å². The largest absolute Gasteiger partial charge is 0.394 e. The van der Waals surface area contributed by atoms with E-state index in [0.717, 1.165) is 0 Å². The van der Waals surface area contributed by atoms with Crippen molar-refractivity contribution in [1.82, 2.24) is 5.32 Å². The Kier molecular flexibility index (Phi) is 7.09. The second-order valence-electron chi connectivity index (χ2n) is 4.02. The van der Waals surface area contributed by atoms with Gasteiger partial charge < -0.3 is 20.3 Å². The van der Waals surface area contributed by atoms with Crippen LogP contribution in [0.5, 0.6) is 0 Å². The fourth-order valence-corrected chi connectivity index (χ4v) is 0.857. The molecule has 14 heavy (non-hydrogen) atoms. The molecule has 0 aromatic heterocycles. The second-order valence-corrected chi connectivity index (χ2v) is 4.02. The van der Waals surface area contributed by atoms with E-state index >= 15 is 0 Å². The quantitative estimate of drug-likeness (QED) is 0.488. The Balaban J connectivity index is 3.35. The highest BCUT2D eigenvalue weighted by Crippen LogP contribution is 2.13. The first kappa shape index (κ1) is 13.8. The SMILES string of the molecule is CC(C)C(C)(O)CNCCOCCO. The van der Waals surface area contributed by atoms with E-state index in [1.165, 1.54) is 0 Å². The first-order valence-corrected chi connectivity index (χ1v) is 5.12. The molecule has 0 radical (unpaired) electrons. The van der Waals surface area contributed by atoms with Crippen molar-refractivity contribution in [3.63, 3.8) is 0 Å². The minimum atomic E-state index is -0.670. The van der Waals surface area contributed by atoms with Gasteiger partial charge in [0.25, 0.3) is 0 Å². The van der Waals surface area contributed by atoms with Crippen LogP contribution in [0.4, 0.5) is 0 Å². The van der Waals surface area contributed by atoms with Crippen LogP contribution in [0.25, 0.3) is 0 Å². The van der Waals surface area contributed by atoms with Gasteiger partial charge in [-0.1, -0.05) is 13.8 Å². The van der Waals surface area contributed by atoms with Crippen LogP contribution in [0.3, 0.4) is 0 Å². The van der Waals surface area contributed by atoms with Gasteiger partial charge in [-0.2, -0.15) is 0 Å². The summed E-state index contributed by atoms with van der Waals surface area (Å²) < 4.78 is 5.06. The number of hydrogen-bond donors (Lipinski definition) is 3. The molecule has 0 fully saturated rings. The van der Waals surface area contributed by atoms with Crippen molar-refractivity contribution < 1.29 is 14.9 Å². The van der Waals surface area contributed by atoms with Gasteiger partial charge >= 0.3 is 0 Å². The Hall–Kier alpha value is -0.160. The molecule has 0 aliphatic heterocycles. The monoisotopic (exact) mass is 205 g/mol. The second kappa shape index (κ2) is 7.17. The molecule has 0 saturated carbocycles. The molecule has 4 heteroatoms. The van der Waals surface area contributed by atoms with E-state index in [9.17, 15) is 5.11 Å². The Labute approximate surface area is 86.3 Å². The maximum absolute atomic E-state index is 9.85. The van der Waals surface area contributed by atoms with Crippen molar-refractivity contribution in [2.45, 2.75) is 26.4 Å². The van der Waals surface area contributed by atoms with Gasteiger partial charge in [-0.15, -0.1) is 0 Å². The fraction of sp³-hybridized carbons (Fsp3) is 1.00. The molecule has 0 aromatic carbocycles. The lowest BCUT2D eigenvalue weighted by molar-refractivity contribution is 0.0119. The average molecular weight is 205 g/mol. The summed E-state index contributed by atoms with van der Waals surface area (Å²) in [7, 11) is 0. The Morgan fingerprint density at radius 1 is 1.36 bits per heavy atom. The predicted molar refractivity (Wildman–Crippen MR) is 56.2 cm³/mol. The number of aliphatic hydroxyl groups is 2. The molecule has 1 atom stereocenters. The molecule has 4 nitrogen and oxygen atoms in total. The van der Waals surface area contributed by atoms with Crippen LogP contribution in [0.1, 0.15) is 20.8 Å². The maximum Gasteiger partial charge on any atom is 0.0766 e. The van der Waals surface area contributed by atoms with E-state index < -0.39 is 5.60 Å². The van der Waals surface area contributed by atoms with Gasteiger partial charge in [-0.3, -0.25) is 0 Å². The van der Waals surface area contributed by atoms with E-state index in [0.29, 0.717) is 26.3 Å². The standard InChI is InChI=1S/C10H23NO3/c1-9(2)10(3,13)8-11-4-6-14-7-5-12/h9,11-13H,4-8H2,1-3H3. The number of nitrogens with one attached hydrogen (secondary N) is 1. The highest BCUT2D eigenvalue weighted by atomic mass is 16.5. The molecular weight excluding hydrogens is 182 g/mol. The van der Waals surface area contributed by atoms with Crippen molar-refractivity contribution in [2.24, 2.45) is 5.92 Å². The minimum Gasteiger partial charge on any atom is -0.394 e. The lowest BCUT2D eigenvalue weighted by atomic mass is 9.93. The summed E-state index contributed by atoms with van der Waals surface area (Å²) >= 11 is 0. The predicted octanol–water partition coefficient (Wildman–Crippen LogP) is -0.00810. The van der Waals surface area contributed by atoms with Crippen molar-refractivity contribution in [3.8, 4) is 0 Å². The number of aliphatic hydroxyl groups excluding tert-OH is 1. The molecule has 0 bridgehead atoms. The summed E-state index contributed by atoms with van der Waals surface area (Å²) in [6, 6.07) is 0. The zero-order chi connectivity index (χ0) is 11.0. The molecule has 0 rings (SSSR count). The van der Waals surface area contributed by atoms with Gasteiger partial charge in [0.1, 0.15) is 0 Å². The molecule has 0 aliphatic rings. The lowest BCUT2D eigenvalue weighted by Crippen LogP contribution is -2.43. The number of hydrogen-bond acceptors (Lipinski definition) is 4. The summed E-state index contributed by atoms with van der Waals surface area (Å²) in [5, 5.41) is 21.4. The Morgan fingerprint density at radius 2 is 2.00 bits per heavy atom. The Bertz CT molecular complexity index is 137. The van der Waals surface area contributed by atoms with E-state index in [-0.39, 0.29) is 12.5 Å². The average Bonchev–Trinajstić information content (AvgIpc) is 2.10. The third kappa shape index (κ3) is 6.32. The van der Waals surface area contributed by atoms with E-state index in [4.69, 9.17) is 9.84 Å². The van der Waals surface area contributed by atoms with Gasteiger partial charge in [0.05, 0.1) is 25.4 Å². The highest BCUT2D eigenvalue weighted by Gasteiger charge is 2.23. The fourth-order valence-electron chi connectivity index (χ4n) is 0.857. The summed E-state index contributed by atoms with van der Waals surface area (Å²) in [6.07, 6.45) is 0. The molecule has 86 valence electrons. The first-order chi connectivity index (χ1) is 6.50. The molecule has 1 unspecified atom stereocenters. The molecule has 0 saturated heterocycles. The smallest absolute Gasteiger partial charge is 0.0766 e. The third-order valence-electron chi connectivity index (χ3n) is 2.39. The van der Waals surface area contributed by atoms with Crippen LogP contribution in [0, 0.1) is 5.92 Å². The van der Waals surface area contributed by atoms with Gasteiger partial charge in [-0.05, 0) is 12.8 Å². The van der Waals surface area contributed by atoms with E-state index in [1.54, 1.807) is 0 Å². The molecule has 0 spiro atoms. The van der Waals surface area contributed by atoms with Crippen LogP contribution >= 0.6 is 0 Å². The van der Waals surface area contributed by atoms with Crippen LogP contribution in [0.2, 0.25) is 0 Å². The van der Waals surface area contributed by atoms with Crippen molar-refractivity contribution >= 4 is 0 Å². The van der Waals surface area contributed by atoms with E-state index in [2.05, 4.69) is 5.32 Å². The van der Waals surface area contributed by atoms with Gasteiger partial charge in [0.15, 0.2) is 0 Å². The van der Waals surface area contributed by atoms with Crippen LogP contribution in [0.15, 0.2) is 0 Å². The zero-order valence-electron chi connectivity index (χ0n) is 9.42. The van der Waals surface area contributed by atoms with Gasteiger partial charge in [0.2, 0.25) is 0 Å². The molecular formula is C10H23NO3. The number of rotatable bonds is 8. The molecule has 0 amide bonds. The lowest BCUT2D eigenvalue weighted by Gasteiger charge is -2.27. The molecule has 0 aromatic rings. The van der Waals surface area contributed by atoms with Gasteiger partial charge in [-0.25, -0.2) is 0 Å². The number of ether oxygens (including phenoxy) is 1. The Morgan fingerprint density at radius 3 is 2.50 bits per heavy atom. The first-order valence-electron chi connectivity index (χ1n) is 5.12. The third-order valence-corrected chi connectivity index (χ3v) is 2.39. The summed E-state index contributed by atoms with van der Waals surface area (Å²) in [6.45, 7) is 8.06. The minimum absolute atomic E-state index is 0.0592. The topological polar surface area (TPSA) is 61.7 Å². The van der Waals surface area contributed by atoms with E-state index in [1.807, 2.05) is 20.8 Å². The summed E-state index contributed by atoms with van der Waals surface area (Å²) in [5.41, 5.74) is -0.670. The molecule has 0 heterocycles. The normalized spacial score (nSPS) is 15.9. The van der Waals surface area contributed by atoms with Crippen molar-refractivity contribution in [1.29, 1.82) is 0 Å². The van der Waals surface area contributed by atoms with Crippen LogP contribution in [-0.2, 0) is 4.74 Å². The molecule has 3 N–H and O–H groups in total. The summed E-state index contributed by atoms with van der Waals surface area (Å²) in [4.78, 5) is 0. The summed E-state index contributed by atoms with van der Waals surface area (Å²) in [5.74, 6) is 0.230. The van der Waals surface area contributed by atoms with Crippen molar-refractivity contribution in [2.75, 3.05) is 32.9 Å². The zero-order valence-corrected chi connectivity index (χ0v) is 9.42. The maximum atomic E-state index is 9.85. The molecule has 0 aliphatic carbocycles. The van der Waals surface area contributed by atoms with Gasteiger partial charge in [0, 0.05) is 13.1 Å².